The zero-order valence-electron chi connectivity index (χ0n) is 18.3. The van der Waals surface area contributed by atoms with Crippen LogP contribution in [0.1, 0.15) is 24.1 Å². The van der Waals surface area contributed by atoms with E-state index in [1.807, 2.05) is 55.5 Å². The molecule has 1 unspecified atom stereocenters. The molecule has 6 heteroatoms. The molecule has 0 saturated heterocycles. The van der Waals surface area contributed by atoms with E-state index in [1.54, 1.807) is 26.2 Å². The summed E-state index contributed by atoms with van der Waals surface area (Å²) in [6.45, 7) is 2.43. The van der Waals surface area contributed by atoms with Gasteiger partial charge in [-0.2, -0.15) is 0 Å². The Hall–Kier alpha value is -3.18. The summed E-state index contributed by atoms with van der Waals surface area (Å²) >= 11 is 0. The molecule has 3 aromatic carbocycles. The zero-order valence-corrected chi connectivity index (χ0v) is 19.1. The third kappa shape index (κ3) is 5.92. The molecule has 2 amide bonds. The summed E-state index contributed by atoms with van der Waals surface area (Å²) in [5.41, 5.74) is 4.22. The highest BCUT2D eigenvalue weighted by Crippen LogP contribution is 2.29. The number of amides is 2. The molecule has 0 bridgehead atoms. The van der Waals surface area contributed by atoms with Crippen LogP contribution < -0.4 is 14.8 Å². The molecule has 164 valence electrons. The van der Waals surface area contributed by atoms with Crippen LogP contribution in [-0.4, -0.2) is 32.2 Å². The summed E-state index contributed by atoms with van der Waals surface area (Å²) in [4.78, 5) is 14.6. The van der Waals surface area contributed by atoms with Gasteiger partial charge < -0.3 is 19.7 Å². The average molecular weight is 441 g/mol. The number of hydrogen-bond acceptors (Lipinski definition) is 3. The van der Waals surface area contributed by atoms with Gasteiger partial charge in [0, 0.05) is 19.2 Å². The van der Waals surface area contributed by atoms with Crippen molar-refractivity contribution in [1.29, 1.82) is 0 Å². The Morgan fingerprint density at radius 2 is 1.65 bits per heavy atom. The summed E-state index contributed by atoms with van der Waals surface area (Å²) in [7, 11) is 5.03. The first-order valence-electron chi connectivity index (χ1n) is 9.90. The number of nitrogens with one attached hydrogen (secondary N) is 1. The Labute approximate surface area is 190 Å². The van der Waals surface area contributed by atoms with E-state index in [4.69, 9.17) is 9.47 Å². The zero-order chi connectivity index (χ0) is 21.5. The van der Waals surface area contributed by atoms with Crippen molar-refractivity contribution in [2.24, 2.45) is 0 Å². The lowest BCUT2D eigenvalue weighted by Crippen LogP contribution is -2.38. The number of urea groups is 1. The van der Waals surface area contributed by atoms with Gasteiger partial charge in [-0.15, -0.1) is 12.4 Å². The Morgan fingerprint density at radius 1 is 0.968 bits per heavy atom. The molecule has 0 fully saturated rings. The fraction of sp³-hybridized carbons (Fsp3) is 0.240. The third-order valence-corrected chi connectivity index (χ3v) is 5.10. The van der Waals surface area contributed by atoms with Crippen LogP contribution in [-0.2, 0) is 6.54 Å². The fourth-order valence-corrected chi connectivity index (χ4v) is 3.44. The second kappa shape index (κ2) is 11.3. The van der Waals surface area contributed by atoms with Gasteiger partial charge in [0.05, 0.1) is 20.3 Å². The number of nitrogens with zero attached hydrogens (tertiary/aromatic N) is 1. The second-order valence-electron chi connectivity index (χ2n) is 7.16. The fourth-order valence-electron chi connectivity index (χ4n) is 3.44. The third-order valence-electron chi connectivity index (χ3n) is 5.10. The lowest BCUT2D eigenvalue weighted by Gasteiger charge is -2.24. The van der Waals surface area contributed by atoms with E-state index < -0.39 is 0 Å². The minimum Gasteiger partial charge on any atom is -0.497 e. The average Bonchev–Trinajstić information content (AvgIpc) is 2.79. The van der Waals surface area contributed by atoms with Crippen molar-refractivity contribution < 1.29 is 14.3 Å². The van der Waals surface area contributed by atoms with Crippen LogP contribution in [0.15, 0.2) is 72.8 Å². The van der Waals surface area contributed by atoms with Gasteiger partial charge >= 0.3 is 6.03 Å². The number of ether oxygens (including phenoxy) is 2. The largest absolute Gasteiger partial charge is 0.497 e. The second-order valence-corrected chi connectivity index (χ2v) is 7.16. The van der Waals surface area contributed by atoms with E-state index in [0.29, 0.717) is 12.3 Å². The highest BCUT2D eigenvalue weighted by Gasteiger charge is 2.18. The standard InChI is InChI=1S/C25H28N2O3.ClH/c1-18(23-16-21(29-3)14-15-24(23)30-4)26-25(28)27(2)17-20-12-8-9-13-22(20)19-10-6-5-7-11-19;/h5-16,18H,17H2,1-4H3,(H,26,28);1H. The molecule has 0 aliphatic carbocycles. The number of benzene rings is 3. The number of rotatable bonds is 7. The van der Waals surface area contributed by atoms with Crippen LogP contribution in [0.5, 0.6) is 11.5 Å². The van der Waals surface area contributed by atoms with Gasteiger partial charge in [-0.1, -0.05) is 54.6 Å². The lowest BCUT2D eigenvalue weighted by atomic mass is 9.99. The Balaban J connectivity index is 0.00000341. The molecule has 0 aliphatic heterocycles. The minimum atomic E-state index is -0.241. The molecule has 1 N–H and O–H groups in total. The first-order valence-corrected chi connectivity index (χ1v) is 9.90. The molecule has 0 aliphatic rings. The Morgan fingerprint density at radius 3 is 2.32 bits per heavy atom. The number of methoxy groups -OCH3 is 2. The SMILES string of the molecule is COc1ccc(OC)c(C(C)NC(=O)N(C)Cc2ccccc2-c2ccccc2)c1.Cl. The number of halogens is 1. The predicted molar refractivity (Wildman–Crippen MR) is 127 cm³/mol. The molecule has 0 saturated carbocycles. The van der Waals surface area contributed by atoms with Gasteiger partial charge in [-0.3, -0.25) is 0 Å². The summed E-state index contributed by atoms with van der Waals surface area (Å²) in [5, 5.41) is 3.05. The molecule has 5 nitrogen and oxygen atoms in total. The van der Waals surface area contributed by atoms with Crippen LogP contribution in [0.4, 0.5) is 4.79 Å². The van der Waals surface area contributed by atoms with E-state index in [1.165, 1.54) is 0 Å². The highest BCUT2D eigenvalue weighted by molar-refractivity contribution is 5.85. The molecular formula is C25H29ClN2O3. The van der Waals surface area contributed by atoms with Crippen LogP contribution in [0.3, 0.4) is 0 Å². The normalized spacial score (nSPS) is 11.1. The van der Waals surface area contributed by atoms with Gasteiger partial charge in [0.1, 0.15) is 11.5 Å². The van der Waals surface area contributed by atoms with Crippen molar-refractivity contribution in [3.8, 4) is 22.6 Å². The van der Waals surface area contributed by atoms with Crippen molar-refractivity contribution in [1.82, 2.24) is 10.2 Å². The molecular weight excluding hydrogens is 412 g/mol. The summed E-state index contributed by atoms with van der Waals surface area (Å²) in [5.74, 6) is 1.43. The number of carbonyl (C=O) groups is 1. The maximum atomic E-state index is 12.9. The topological polar surface area (TPSA) is 50.8 Å². The maximum Gasteiger partial charge on any atom is 0.317 e. The van der Waals surface area contributed by atoms with Crippen molar-refractivity contribution >= 4 is 18.4 Å². The molecule has 31 heavy (non-hydrogen) atoms. The molecule has 0 spiro atoms. The van der Waals surface area contributed by atoms with Gasteiger partial charge in [-0.25, -0.2) is 4.79 Å². The van der Waals surface area contributed by atoms with E-state index in [2.05, 4.69) is 29.6 Å². The van der Waals surface area contributed by atoms with Crippen LogP contribution in [0, 0.1) is 0 Å². The van der Waals surface area contributed by atoms with Crippen LogP contribution >= 0.6 is 12.4 Å². The van der Waals surface area contributed by atoms with Crippen molar-refractivity contribution in [3.63, 3.8) is 0 Å². The first-order chi connectivity index (χ1) is 14.5. The molecule has 0 heterocycles. The monoisotopic (exact) mass is 440 g/mol. The van der Waals surface area contributed by atoms with Crippen molar-refractivity contribution in [2.75, 3.05) is 21.3 Å². The molecule has 0 aromatic heterocycles. The minimum absolute atomic E-state index is 0. The van der Waals surface area contributed by atoms with Gasteiger partial charge in [0.2, 0.25) is 0 Å². The summed E-state index contributed by atoms with van der Waals surface area (Å²) in [6, 6.07) is 23.5. The Kier molecular flexibility index (Phi) is 8.76. The first kappa shape index (κ1) is 24.1. The molecule has 3 aromatic rings. The van der Waals surface area contributed by atoms with E-state index in [9.17, 15) is 4.79 Å². The molecule has 3 rings (SSSR count). The van der Waals surface area contributed by atoms with Crippen molar-refractivity contribution in [3.05, 3.63) is 83.9 Å². The smallest absolute Gasteiger partial charge is 0.317 e. The van der Waals surface area contributed by atoms with Gasteiger partial charge in [-0.05, 0) is 41.8 Å². The van der Waals surface area contributed by atoms with E-state index >= 15 is 0 Å². The molecule has 1 atom stereocenters. The number of hydrogen-bond donors (Lipinski definition) is 1. The van der Waals surface area contributed by atoms with Gasteiger partial charge in [0.15, 0.2) is 0 Å². The van der Waals surface area contributed by atoms with Crippen LogP contribution in [0.25, 0.3) is 11.1 Å². The quantitative estimate of drug-likeness (QED) is 0.513. The maximum absolute atomic E-state index is 12.9. The predicted octanol–water partition coefficient (Wildman–Crippen LogP) is 5.70. The lowest BCUT2D eigenvalue weighted by molar-refractivity contribution is 0.203. The number of carbonyl (C=O) groups excluding carboxylic acids is 1. The van der Waals surface area contributed by atoms with E-state index in [0.717, 1.165) is 28.0 Å². The Bertz CT molecular complexity index is 995. The summed E-state index contributed by atoms with van der Waals surface area (Å²) in [6.07, 6.45) is 0. The van der Waals surface area contributed by atoms with E-state index in [-0.39, 0.29) is 24.5 Å². The van der Waals surface area contributed by atoms with Crippen molar-refractivity contribution in [2.45, 2.75) is 19.5 Å². The van der Waals surface area contributed by atoms with Gasteiger partial charge in [0.25, 0.3) is 0 Å². The molecule has 0 radical (unpaired) electrons. The van der Waals surface area contributed by atoms with Crippen LogP contribution in [0.2, 0.25) is 0 Å². The highest BCUT2D eigenvalue weighted by atomic mass is 35.5. The summed E-state index contributed by atoms with van der Waals surface area (Å²) < 4.78 is 10.8.